The number of fused-ring (bicyclic) bond motifs is 4. The Hall–Kier alpha value is -6.14. The van der Waals surface area contributed by atoms with Crippen molar-refractivity contribution < 1.29 is 9.47 Å². The minimum absolute atomic E-state index is 0.120. The Kier molecular flexibility index (Phi) is 8.67. The molecule has 18 nitrogen and oxygen atoms in total. The molecule has 18 heteroatoms. The van der Waals surface area contributed by atoms with E-state index in [9.17, 15) is 9.59 Å². The Morgan fingerprint density at radius 1 is 0.534 bits per heavy atom. The second-order valence-electron chi connectivity index (χ2n) is 15.8. The fourth-order valence-corrected chi connectivity index (χ4v) is 9.07. The lowest BCUT2D eigenvalue weighted by Gasteiger charge is -2.34. The number of nitrogens with one attached hydrogen (secondary N) is 2. The van der Waals surface area contributed by atoms with Gasteiger partial charge < -0.3 is 19.4 Å². The average molecular weight is 783 g/mol. The number of nitrogens with zero attached hydrogens (tertiary/aromatic N) is 12. The zero-order valence-corrected chi connectivity index (χ0v) is 31.7. The van der Waals surface area contributed by atoms with E-state index in [1.165, 1.54) is 0 Å². The Balaban J connectivity index is 0.000000133. The highest BCUT2D eigenvalue weighted by molar-refractivity contribution is 5.74. The fourth-order valence-electron chi connectivity index (χ4n) is 9.07. The molecule has 0 bridgehead atoms. The third-order valence-electron chi connectivity index (χ3n) is 12.6. The van der Waals surface area contributed by atoms with Crippen molar-refractivity contribution in [3.8, 4) is 0 Å². The van der Waals surface area contributed by atoms with Crippen LogP contribution in [0, 0.1) is 0 Å². The Morgan fingerprint density at radius 3 is 1.36 bits per heavy atom. The predicted octanol–water partition coefficient (Wildman–Crippen LogP) is 4.35. The third kappa shape index (κ3) is 6.09. The van der Waals surface area contributed by atoms with Gasteiger partial charge in [0.15, 0.2) is 22.6 Å². The van der Waals surface area contributed by atoms with E-state index in [-0.39, 0.29) is 46.9 Å². The van der Waals surface area contributed by atoms with Gasteiger partial charge in [-0.25, -0.2) is 38.3 Å². The van der Waals surface area contributed by atoms with E-state index in [1.54, 1.807) is 33.8 Å². The molecule has 0 unspecified atom stereocenters. The van der Waals surface area contributed by atoms with Crippen LogP contribution in [0.3, 0.4) is 0 Å². The lowest BCUT2D eigenvalue weighted by Crippen LogP contribution is -2.27. The lowest BCUT2D eigenvalue weighted by molar-refractivity contribution is 0.0672. The monoisotopic (exact) mass is 782 g/mol. The minimum Gasteiger partial charge on any atom is -0.381 e. The van der Waals surface area contributed by atoms with Crippen molar-refractivity contribution in [2.75, 3.05) is 26.4 Å². The summed E-state index contributed by atoms with van der Waals surface area (Å²) in [6.07, 6.45) is 18.3. The molecular formula is C40H42N14O4. The molecule has 2 aliphatic heterocycles. The van der Waals surface area contributed by atoms with Crippen LogP contribution in [0.15, 0.2) is 71.0 Å². The van der Waals surface area contributed by atoms with Gasteiger partial charge in [0.25, 0.3) is 11.1 Å². The van der Waals surface area contributed by atoms with E-state index in [4.69, 9.17) is 29.4 Å². The number of aromatic amines is 2. The number of rotatable bonds is 6. The molecule has 0 spiro atoms. The minimum atomic E-state index is -0.120. The van der Waals surface area contributed by atoms with Crippen molar-refractivity contribution in [2.45, 2.75) is 87.1 Å². The summed E-state index contributed by atoms with van der Waals surface area (Å²) in [5, 5.41) is 18.7. The molecular weight excluding hydrogens is 741 g/mol. The molecule has 8 aromatic heterocycles. The van der Waals surface area contributed by atoms with E-state index >= 15 is 0 Å². The second-order valence-corrected chi connectivity index (χ2v) is 15.8. The standard InChI is InChI=1S/2C20H21N7O2/c2*28-20-15-10-22-27(12-5-8-29-9-6-12)19(15)24-18(25-20)14-4-3-13(14)16-11-26-17(23-16)2-1-7-21-26/h2*1-2,7,10-14H,3-6,8-9H2,(H,24,25,28)/t13-,14+;13-,14-/m01/s1. The third-order valence-corrected chi connectivity index (χ3v) is 12.6. The lowest BCUT2D eigenvalue weighted by atomic mass is 9.71. The van der Waals surface area contributed by atoms with Gasteiger partial charge >= 0.3 is 0 Å². The van der Waals surface area contributed by atoms with Crippen LogP contribution in [0.2, 0.25) is 0 Å². The summed E-state index contributed by atoms with van der Waals surface area (Å²) in [6.45, 7) is 2.87. The van der Waals surface area contributed by atoms with E-state index in [1.807, 2.05) is 46.0 Å². The van der Waals surface area contributed by atoms with E-state index in [2.05, 4.69) is 30.4 Å². The normalized spacial score (nSPS) is 22.9. The van der Waals surface area contributed by atoms with Gasteiger partial charge in [-0.2, -0.15) is 20.4 Å². The zero-order chi connectivity index (χ0) is 38.7. The number of imidazole rings is 2. The van der Waals surface area contributed by atoms with E-state index in [0.29, 0.717) is 48.5 Å². The fraction of sp³-hybridized carbons (Fsp3) is 0.450. The van der Waals surface area contributed by atoms with Gasteiger partial charge in [0, 0.05) is 62.5 Å². The molecule has 4 aliphatic rings. The van der Waals surface area contributed by atoms with Crippen LogP contribution in [0.1, 0.15) is 110 Å². The molecule has 2 aliphatic carbocycles. The topological polar surface area (TPSA) is 206 Å². The van der Waals surface area contributed by atoms with E-state index in [0.717, 1.165) is 85.7 Å². The number of H-pyrrole nitrogens is 2. The van der Waals surface area contributed by atoms with Gasteiger partial charge in [-0.3, -0.25) is 9.59 Å². The van der Waals surface area contributed by atoms with Crippen molar-refractivity contribution in [3.63, 3.8) is 0 Å². The molecule has 58 heavy (non-hydrogen) atoms. The molecule has 0 amide bonds. The molecule has 4 atom stereocenters. The van der Waals surface area contributed by atoms with Crippen molar-refractivity contribution in [2.24, 2.45) is 0 Å². The highest BCUT2D eigenvalue weighted by Crippen LogP contribution is 2.48. The van der Waals surface area contributed by atoms with Gasteiger partial charge in [0.05, 0.1) is 48.3 Å². The Bertz CT molecular complexity index is 2630. The first-order chi connectivity index (χ1) is 28.6. The molecule has 2 saturated carbocycles. The molecule has 2 N–H and O–H groups in total. The summed E-state index contributed by atoms with van der Waals surface area (Å²) >= 11 is 0. The van der Waals surface area contributed by atoms with Crippen LogP contribution >= 0.6 is 0 Å². The molecule has 4 fully saturated rings. The van der Waals surface area contributed by atoms with Crippen LogP contribution < -0.4 is 11.1 Å². The van der Waals surface area contributed by atoms with Crippen molar-refractivity contribution in [3.05, 3.63) is 105 Å². The maximum absolute atomic E-state index is 12.7. The van der Waals surface area contributed by atoms with Gasteiger partial charge in [0.2, 0.25) is 0 Å². The first kappa shape index (κ1) is 35.1. The Morgan fingerprint density at radius 2 is 0.966 bits per heavy atom. The molecule has 0 radical (unpaired) electrons. The number of ether oxygens (including phenoxy) is 2. The molecule has 10 heterocycles. The van der Waals surface area contributed by atoms with Crippen LogP contribution in [0.4, 0.5) is 0 Å². The molecule has 296 valence electrons. The van der Waals surface area contributed by atoms with Crippen LogP contribution in [0.25, 0.3) is 33.4 Å². The highest BCUT2D eigenvalue weighted by Gasteiger charge is 2.39. The zero-order valence-electron chi connectivity index (χ0n) is 31.7. The molecule has 0 aromatic carbocycles. The number of hydrogen-bond acceptors (Lipinski definition) is 12. The first-order valence-corrected chi connectivity index (χ1v) is 20.3. The van der Waals surface area contributed by atoms with E-state index < -0.39 is 0 Å². The molecule has 12 rings (SSSR count). The average Bonchev–Trinajstić information content (AvgIpc) is 4.03. The smallest absolute Gasteiger partial charge is 0.262 e. The highest BCUT2D eigenvalue weighted by atomic mass is 16.5. The number of aromatic nitrogens is 14. The SMILES string of the molecule is O=c1[nH]c([C@@H]2CC[C@@H]2c2cn3ncccc3n2)nc2c1cnn2C1CCOCC1.O=c1[nH]c([C@@H]2CC[C@H]2c2cn3ncccc3n2)nc2c1cnn2C1CCOCC1. The number of hydrogen-bond donors (Lipinski definition) is 2. The Labute approximate surface area is 329 Å². The maximum Gasteiger partial charge on any atom is 0.262 e. The second kappa shape index (κ2) is 14.4. The maximum atomic E-state index is 12.7. The van der Waals surface area contributed by atoms with Gasteiger partial charge in [-0.05, 0) is 75.6 Å². The predicted molar refractivity (Wildman–Crippen MR) is 210 cm³/mol. The van der Waals surface area contributed by atoms with Crippen LogP contribution in [-0.2, 0) is 9.47 Å². The largest absolute Gasteiger partial charge is 0.381 e. The van der Waals surface area contributed by atoms with Gasteiger partial charge in [0.1, 0.15) is 22.4 Å². The van der Waals surface area contributed by atoms with Crippen molar-refractivity contribution in [1.82, 2.24) is 68.7 Å². The van der Waals surface area contributed by atoms with Gasteiger partial charge in [-0.1, -0.05) is 0 Å². The summed E-state index contributed by atoms with van der Waals surface area (Å²) in [7, 11) is 0. The van der Waals surface area contributed by atoms with Crippen molar-refractivity contribution in [1.29, 1.82) is 0 Å². The van der Waals surface area contributed by atoms with Crippen molar-refractivity contribution >= 4 is 33.4 Å². The summed E-state index contributed by atoms with van der Waals surface area (Å²) in [5.74, 6) is 2.23. The van der Waals surface area contributed by atoms with Crippen LogP contribution in [-0.4, -0.2) is 95.1 Å². The van der Waals surface area contributed by atoms with Crippen LogP contribution in [0.5, 0.6) is 0 Å². The summed E-state index contributed by atoms with van der Waals surface area (Å²) in [6, 6.07) is 8.12. The summed E-state index contributed by atoms with van der Waals surface area (Å²) in [4.78, 5) is 50.7. The molecule has 2 saturated heterocycles. The first-order valence-electron chi connectivity index (χ1n) is 20.3. The van der Waals surface area contributed by atoms with Gasteiger partial charge in [-0.15, -0.1) is 0 Å². The molecule has 8 aromatic rings. The summed E-state index contributed by atoms with van der Waals surface area (Å²) in [5.41, 5.74) is 4.79. The summed E-state index contributed by atoms with van der Waals surface area (Å²) < 4.78 is 18.4. The quantitative estimate of drug-likeness (QED) is 0.242.